The topological polar surface area (TPSA) is 89.6 Å². The van der Waals surface area contributed by atoms with Gasteiger partial charge in [-0.2, -0.15) is 9.97 Å². The summed E-state index contributed by atoms with van der Waals surface area (Å²) >= 11 is 0. The molecule has 44 heavy (non-hydrogen) atoms. The first-order valence-corrected chi connectivity index (χ1v) is 15.2. The highest BCUT2D eigenvalue weighted by atomic mass is 19.1. The highest BCUT2D eigenvalue weighted by Gasteiger charge is 2.36. The highest BCUT2D eigenvalue weighted by Crippen LogP contribution is 2.37. The van der Waals surface area contributed by atoms with Crippen LogP contribution in [0.1, 0.15) is 31.0 Å². The second kappa shape index (κ2) is 12.3. The molecule has 1 aliphatic carbocycles. The van der Waals surface area contributed by atoms with E-state index in [0.717, 1.165) is 40.1 Å². The summed E-state index contributed by atoms with van der Waals surface area (Å²) in [4.78, 5) is 33.9. The number of aromatic nitrogens is 2. The van der Waals surface area contributed by atoms with E-state index in [1.807, 2.05) is 25.1 Å². The van der Waals surface area contributed by atoms with Crippen molar-refractivity contribution in [3.63, 3.8) is 0 Å². The predicted molar refractivity (Wildman–Crippen MR) is 168 cm³/mol. The average molecular weight is 600 g/mol. The predicted octanol–water partition coefficient (Wildman–Crippen LogP) is 4.18. The normalized spacial score (nSPS) is 19.1. The molecule has 1 saturated carbocycles. The van der Waals surface area contributed by atoms with Gasteiger partial charge in [-0.3, -0.25) is 9.69 Å². The van der Waals surface area contributed by atoms with Crippen LogP contribution >= 0.6 is 0 Å². The minimum Gasteiger partial charge on any atom is -0.508 e. The van der Waals surface area contributed by atoms with Gasteiger partial charge in [0.1, 0.15) is 23.7 Å². The van der Waals surface area contributed by atoms with Crippen LogP contribution in [0, 0.1) is 6.57 Å². The number of nitrogens with zero attached hydrogens (tertiary/aromatic N) is 7. The summed E-state index contributed by atoms with van der Waals surface area (Å²) in [5.41, 5.74) is 2.77. The largest absolute Gasteiger partial charge is 0.508 e. The molecule has 0 radical (unpaired) electrons. The number of aromatic hydroxyl groups is 1. The number of hydrogen-bond donors (Lipinski definition) is 1. The summed E-state index contributed by atoms with van der Waals surface area (Å²) in [6, 6.07) is 12.0. The lowest BCUT2D eigenvalue weighted by molar-refractivity contribution is -0.131. The standard InChI is InChI=1S/C33H38FN7O3/c1-21(18-38(4)24-9-10-24)44-33-36-29-20-39(30-16-26(42)15-23-7-5-6-8-27(23)30)12-11-28(29)31(37-33)40-13-14-41(32(43)22(2)34)25(19-40)17-35-3/h5-8,15-16,21,24-25,42H,2,9-14,17-20H2,1,4H3/t21-,25+/m1/s1. The molecule has 2 aliphatic heterocycles. The van der Waals surface area contributed by atoms with Crippen LogP contribution in [0.25, 0.3) is 15.6 Å². The Morgan fingerprint density at radius 2 is 2.02 bits per heavy atom. The Morgan fingerprint density at radius 1 is 1.23 bits per heavy atom. The first kappa shape index (κ1) is 29.6. The SMILES string of the molecule is [C-]#[N+]C[C@H]1CN(c2nc(O[C@H](C)CN(C)C3CC3)nc3c2CCN(c2cc(O)cc4ccccc24)C3)CCN1C(=O)C(=C)F. The van der Waals surface area contributed by atoms with E-state index in [1.165, 1.54) is 17.7 Å². The van der Waals surface area contributed by atoms with Crippen LogP contribution in [0.3, 0.4) is 0 Å². The Labute approximate surface area is 257 Å². The van der Waals surface area contributed by atoms with E-state index in [1.54, 1.807) is 12.1 Å². The lowest BCUT2D eigenvalue weighted by atomic mass is 10.0. The number of piperazine rings is 1. The lowest BCUT2D eigenvalue weighted by Crippen LogP contribution is -2.57. The zero-order valence-corrected chi connectivity index (χ0v) is 25.2. The average Bonchev–Trinajstić information content (AvgIpc) is 3.86. The Hall–Kier alpha value is -4.43. The summed E-state index contributed by atoms with van der Waals surface area (Å²) in [7, 11) is 2.11. The van der Waals surface area contributed by atoms with Crippen molar-refractivity contribution in [3.05, 3.63) is 71.5 Å². The molecule has 3 aromatic rings. The molecule has 6 rings (SSSR count). The van der Waals surface area contributed by atoms with Crippen LogP contribution < -0.4 is 14.5 Å². The Kier molecular flexibility index (Phi) is 8.27. The molecule has 3 aliphatic rings. The Bertz CT molecular complexity index is 1620. The van der Waals surface area contributed by atoms with Crippen molar-refractivity contribution >= 4 is 28.2 Å². The second-order valence-electron chi connectivity index (χ2n) is 12.1. The molecular weight excluding hydrogens is 561 g/mol. The van der Waals surface area contributed by atoms with Crippen LogP contribution in [-0.2, 0) is 17.8 Å². The quantitative estimate of drug-likeness (QED) is 0.290. The maximum Gasteiger partial charge on any atom is 0.318 e. The van der Waals surface area contributed by atoms with Gasteiger partial charge in [0.05, 0.1) is 12.2 Å². The van der Waals surface area contributed by atoms with Gasteiger partial charge in [-0.1, -0.05) is 30.8 Å². The molecule has 0 unspecified atom stereocenters. The number of carbonyl (C=O) groups is 1. The molecule has 3 heterocycles. The number of benzene rings is 2. The molecule has 11 heteroatoms. The van der Waals surface area contributed by atoms with Gasteiger partial charge in [-0.05, 0) is 44.7 Å². The number of amides is 1. The van der Waals surface area contributed by atoms with E-state index in [4.69, 9.17) is 21.3 Å². The molecule has 2 atom stereocenters. The van der Waals surface area contributed by atoms with Gasteiger partial charge in [0, 0.05) is 61.5 Å². The third-order valence-corrected chi connectivity index (χ3v) is 8.79. The second-order valence-corrected chi connectivity index (χ2v) is 12.1. The summed E-state index contributed by atoms with van der Waals surface area (Å²) in [5.74, 6) is -0.850. The zero-order chi connectivity index (χ0) is 31.0. The van der Waals surface area contributed by atoms with Crippen molar-refractivity contribution in [1.82, 2.24) is 19.8 Å². The summed E-state index contributed by atoms with van der Waals surface area (Å²) in [6.45, 7) is 15.7. The van der Waals surface area contributed by atoms with E-state index in [0.29, 0.717) is 38.6 Å². The maximum absolute atomic E-state index is 13.8. The van der Waals surface area contributed by atoms with Crippen LogP contribution in [-0.4, -0.2) is 95.3 Å². The molecule has 10 nitrogen and oxygen atoms in total. The van der Waals surface area contributed by atoms with Crippen molar-refractivity contribution in [3.8, 4) is 11.8 Å². The van der Waals surface area contributed by atoms with Gasteiger partial charge in [-0.15, -0.1) is 0 Å². The number of carbonyl (C=O) groups excluding carboxylic acids is 1. The number of anilines is 2. The van der Waals surface area contributed by atoms with Crippen molar-refractivity contribution in [2.45, 2.75) is 50.9 Å². The number of phenols is 1. The van der Waals surface area contributed by atoms with E-state index in [-0.39, 0.29) is 31.0 Å². The summed E-state index contributed by atoms with van der Waals surface area (Å²) in [6.07, 6.45) is 2.93. The van der Waals surface area contributed by atoms with Gasteiger partial charge in [-0.25, -0.2) is 11.0 Å². The van der Waals surface area contributed by atoms with Crippen LogP contribution in [0.5, 0.6) is 11.8 Å². The van der Waals surface area contributed by atoms with Crippen LogP contribution in [0.4, 0.5) is 15.9 Å². The fraction of sp³-hybridized carbons (Fsp3) is 0.455. The third kappa shape index (κ3) is 6.13. The van der Waals surface area contributed by atoms with Crippen molar-refractivity contribution in [2.75, 3.05) is 56.1 Å². The van der Waals surface area contributed by atoms with Gasteiger partial charge in [0.15, 0.2) is 5.83 Å². The summed E-state index contributed by atoms with van der Waals surface area (Å²) in [5, 5.41) is 12.5. The molecule has 1 saturated heterocycles. The number of rotatable bonds is 9. The number of halogens is 1. The number of likely N-dealkylation sites (N-methyl/N-ethyl adjacent to an activating group) is 1. The van der Waals surface area contributed by atoms with Crippen molar-refractivity contribution in [2.24, 2.45) is 0 Å². The molecule has 0 bridgehead atoms. The molecule has 230 valence electrons. The molecule has 1 aromatic heterocycles. The third-order valence-electron chi connectivity index (χ3n) is 8.79. The van der Waals surface area contributed by atoms with Crippen molar-refractivity contribution in [1.29, 1.82) is 0 Å². The fourth-order valence-electron chi connectivity index (χ4n) is 6.46. The minimum atomic E-state index is -1.02. The Balaban J connectivity index is 1.33. The molecule has 2 aromatic carbocycles. The van der Waals surface area contributed by atoms with Gasteiger partial charge < -0.3 is 29.4 Å². The lowest BCUT2D eigenvalue weighted by Gasteiger charge is -2.41. The molecule has 2 fully saturated rings. The molecular formula is C33H38FN7O3. The maximum atomic E-state index is 13.8. The Morgan fingerprint density at radius 3 is 2.77 bits per heavy atom. The monoisotopic (exact) mass is 599 g/mol. The van der Waals surface area contributed by atoms with Crippen LogP contribution in [0.2, 0.25) is 0 Å². The minimum absolute atomic E-state index is 0.0506. The first-order chi connectivity index (χ1) is 21.2. The van der Waals surface area contributed by atoms with E-state index in [2.05, 4.69) is 39.2 Å². The molecule has 1 amide bonds. The first-order valence-electron chi connectivity index (χ1n) is 15.2. The van der Waals surface area contributed by atoms with Gasteiger partial charge >= 0.3 is 6.01 Å². The van der Waals surface area contributed by atoms with Gasteiger partial charge in [0.2, 0.25) is 6.54 Å². The highest BCUT2D eigenvalue weighted by molar-refractivity contribution is 5.95. The number of fused-ring (bicyclic) bond motifs is 2. The molecule has 0 spiro atoms. The van der Waals surface area contributed by atoms with Gasteiger partial charge in [0.25, 0.3) is 5.91 Å². The number of hydrogen-bond acceptors (Lipinski definition) is 8. The van der Waals surface area contributed by atoms with E-state index in [9.17, 15) is 14.3 Å². The number of ether oxygens (including phenoxy) is 1. The van der Waals surface area contributed by atoms with Crippen LogP contribution in [0.15, 0.2) is 48.8 Å². The number of phenolic OH excluding ortho intramolecular Hbond substituents is 1. The smallest absolute Gasteiger partial charge is 0.318 e. The summed E-state index contributed by atoms with van der Waals surface area (Å²) < 4.78 is 20.2. The van der Waals surface area contributed by atoms with E-state index >= 15 is 0 Å². The fourth-order valence-corrected chi connectivity index (χ4v) is 6.46. The zero-order valence-electron chi connectivity index (χ0n) is 25.2. The molecule has 1 N–H and O–H groups in total. The van der Waals surface area contributed by atoms with Crippen molar-refractivity contribution < 1.29 is 19.0 Å². The van der Waals surface area contributed by atoms with E-state index < -0.39 is 17.8 Å².